The molecule has 15 heavy (non-hydrogen) atoms. The standard InChI is InChI=1S/C11H15NO3/c1-14-9-2-3-11-10(6-9)12-8(4-5-13)7-15-11/h2-3,6,8,12-13H,4-5,7H2,1H3. The fourth-order valence-electron chi connectivity index (χ4n) is 1.64. The maximum atomic E-state index is 8.85. The second-order valence-corrected chi connectivity index (χ2v) is 3.53. The van der Waals surface area contributed by atoms with E-state index in [2.05, 4.69) is 5.32 Å². The SMILES string of the molecule is COc1ccc2c(c1)NC(CCO)CO2. The third-order valence-corrected chi connectivity index (χ3v) is 2.46. The van der Waals surface area contributed by atoms with Crippen LogP contribution in [0.25, 0.3) is 0 Å². The predicted molar refractivity (Wildman–Crippen MR) is 57.6 cm³/mol. The number of nitrogens with one attached hydrogen (secondary N) is 1. The lowest BCUT2D eigenvalue weighted by Crippen LogP contribution is -2.32. The number of hydrogen-bond acceptors (Lipinski definition) is 4. The van der Waals surface area contributed by atoms with Gasteiger partial charge in [0.25, 0.3) is 0 Å². The summed E-state index contributed by atoms with van der Waals surface area (Å²) in [6.45, 7) is 0.764. The number of ether oxygens (including phenoxy) is 2. The second kappa shape index (κ2) is 4.40. The molecule has 4 heteroatoms. The van der Waals surface area contributed by atoms with E-state index in [4.69, 9.17) is 14.6 Å². The Labute approximate surface area is 88.8 Å². The van der Waals surface area contributed by atoms with Gasteiger partial charge in [0, 0.05) is 12.7 Å². The first-order valence-electron chi connectivity index (χ1n) is 5.01. The van der Waals surface area contributed by atoms with Crippen LogP contribution in [0, 0.1) is 0 Å². The van der Waals surface area contributed by atoms with Crippen molar-refractivity contribution in [3.8, 4) is 11.5 Å². The smallest absolute Gasteiger partial charge is 0.142 e. The van der Waals surface area contributed by atoms with Crippen molar-refractivity contribution in [2.45, 2.75) is 12.5 Å². The van der Waals surface area contributed by atoms with Crippen molar-refractivity contribution >= 4 is 5.69 Å². The molecule has 1 aromatic rings. The number of aliphatic hydroxyl groups excluding tert-OH is 1. The molecule has 0 aromatic heterocycles. The zero-order chi connectivity index (χ0) is 10.7. The zero-order valence-electron chi connectivity index (χ0n) is 8.69. The van der Waals surface area contributed by atoms with Gasteiger partial charge < -0.3 is 19.9 Å². The van der Waals surface area contributed by atoms with Crippen molar-refractivity contribution in [3.05, 3.63) is 18.2 Å². The van der Waals surface area contributed by atoms with Gasteiger partial charge >= 0.3 is 0 Å². The van der Waals surface area contributed by atoms with Crippen molar-refractivity contribution in [1.82, 2.24) is 0 Å². The van der Waals surface area contributed by atoms with E-state index in [9.17, 15) is 0 Å². The Morgan fingerprint density at radius 1 is 1.60 bits per heavy atom. The third-order valence-electron chi connectivity index (χ3n) is 2.46. The molecule has 82 valence electrons. The van der Waals surface area contributed by atoms with Gasteiger partial charge in [-0.15, -0.1) is 0 Å². The Morgan fingerprint density at radius 3 is 3.20 bits per heavy atom. The molecule has 0 radical (unpaired) electrons. The molecule has 0 saturated heterocycles. The molecule has 0 bridgehead atoms. The minimum absolute atomic E-state index is 0.167. The molecule has 0 amide bonds. The van der Waals surface area contributed by atoms with Crippen molar-refractivity contribution in [2.24, 2.45) is 0 Å². The number of hydrogen-bond donors (Lipinski definition) is 2. The van der Waals surface area contributed by atoms with Gasteiger partial charge in [-0.1, -0.05) is 0 Å². The Balaban J connectivity index is 2.16. The van der Waals surface area contributed by atoms with Crippen LogP contribution in [0.2, 0.25) is 0 Å². The van der Waals surface area contributed by atoms with Gasteiger partial charge in [0.15, 0.2) is 0 Å². The fraction of sp³-hybridized carbons (Fsp3) is 0.455. The highest BCUT2D eigenvalue weighted by Gasteiger charge is 2.18. The van der Waals surface area contributed by atoms with E-state index >= 15 is 0 Å². The van der Waals surface area contributed by atoms with E-state index in [1.165, 1.54) is 0 Å². The summed E-state index contributed by atoms with van der Waals surface area (Å²) in [5.74, 6) is 1.64. The van der Waals surface area contributed by atoms with Crippen LogP contribution in [-0.4, -0.2) is 31.5 Å². The molecule has 1 aliphatic heterocycles. The van der Waals surface area contributed by atoms with Gasteiger partial charge in [-0.3, -0.25) is 0 Å². The molecule has 1 unspecified atom stereocenters. The Bertz CT molecular complexity index is 341. The first-order valence-corrected chi connectivity index (χ1v) is 5.01. The molecule has 1 atom stereocenters. The summed E-state index contributed by atoms with van der Waals surface area (Å²) in [5, 5.41) is 12.2. The molecule has 2 N–H and O–H groups in total. The van der Waals surface area contributed by atoms with Crippen LogP contribution in [0.3, 0.4) is 0 Å². The van der Waals surface area contributed by atoms with Crippen molar-refractivity contribution in [1.29, 1.82) is 0 Å². The molecule has 4 nitrogen and oxygen atoms in total. The Hall–Kier alpha value is -1.42. The number of methoxy groups -OCH3 is 1. The number of benzene rings is 1. The van der Waals surface area contributed by atoms with Crippen molar-refractivity contribution < 1.29 is 14.6 Å². The minimum Gasteiger partial charge on any atom is -0.497 e. The molecule has 1 aromatic carbocycles. The van der Waals surface area contributed by atoms with E-state index in [0.29, 0.717) is 13.0 Å². The molecule has 1 aliphatic rings. The summed E-state index contributed by atoms with van der Waals surface area (Å²) in [7, 11) is 1.64. The molecule has 0 aliphatic carbocycles. The Kier molecular flexibility index (Phi) is 2.97. The normalized spacial score (nSPS) is 18.7. The summed E-state index contributed by atoms with van der Waals surface area (Å²) in [5.41, 5.74) is 0.930. The van der Waals surface area contributed by atoms with Gasteiger partial charge in [-0.05, 0) is 18.6 Å². The van der Waals surface area contributed by atoms with Gasteiger partial charge in [-0.2, -0.15) is 0 Å². The highest BCUT2D eigenvalue weighted by Crippen LogP contribution is 2.32. The van der Waals surface area contributed by atoms with E-state index in [-0.39, 0.29) is 12.6 Å². The zero-order valence-corrected chi connectivity index (χ0v) is 8.69. The average Bonchev–Trinajstić information content (AvgIpc) is 2.28. The molecule has 0 saturated carbocycles. The van der Waals surface area contributed by atoms with Gasteiger partial charge in [0.05, 0.1) is 18.8 Å². The topological polar surface area (TPSA) is 50.7 Å². The van der Waals surface area contributed by atoms with Gasteiger partial charge in [-0.25, -0.2) is 0 Å². The maximum Gasteiger partial charge on any atom is 0.142 e. The monoisotopic (exact) mass is 209 g/mol. The van der Waals surface area contributed by atoms with Crippen molar-refractivity contribution in [3.63, 3.8) is 0 Å². The quantitative estimate of drug-likeness (QED) is 0.786. The number of anilines is 1. The molecule has 2 rings (SSSR count). The van der Waals surface area contributed by atoms with E-state index in [0.717, 1.165) is 17.2 Å². The second-order valence-electron chi connectivity index (χ2n) is 3.53. The minimum atomic E-state index is 0.167. The predicted octanol–water partition coefficient (Wildman–Crippen LogP) is 1.25. The Morgan fingerprint density at radius 2 is 2.47 bits per heavy atom. The number of fused-ring (bicyclic) bond motifs is 1. The maximum absolute atomic E-state index is 8.85. The first-order chi connectivity index (χ1) is 7.33. The lowest BCUT2D eigenvalue weighted by Gasteiger charge is -2.27. The van der Waals surface area contributed by atoms with Gasteiger partial charge in [0.2, 0.25) is 0 Å². The van der Waals surface area contributed by atoms with E-state index in [1.807, 2.05) is 18.2 Å². The van der Waals surface area contributed by atoms with Crippen molar-refractivity contribution in [2.75, 3.05) is 25.6 Å². The highest BCUT2D eigenvalue weighted by atomic mass is 16.5. The van der Waals surface area contributed by atoms with Crippen LogP contribution in [-0.2, 0) is 0 Å². The van der Waals surface area contributed by atoms with Crippen LogP contribution in [0.4, 0.5) is 5.69 Å². The lowest BCUT2D eigenvalue weighted by atomic mass is 10.1. The third kappa shape index (κ3) is 2.15. The molecular formula is C11H15NO3. The molecule has 0 fully saturated rings. The summed E-state index contributed by atoms with van der Waals surface area (Å²) in [4.78, 5) is 0. The lowest BCUT2D eigenvalue weighted by molar-refractivity contribution is 0.233. The largest absolute Gasteiger partial charge is 0.497 e. The fourth-order valence-corrected chi connectivity index (χ4v) is 1.64. The summed E-state index contributed by atoms with van der Waals surface area (Å²) in [6, 6.07) is 5.83. The molecular weight excluding hydrogens is 194 g/mol. The molecule has 0 spiro atoms. The van der Waals surface area contributed by atoms with Crippen LogP contribution >= 0.6 is 0 Å². The summed E-state index contributed by atoms with van der Waals surface area (Å²) >= 11 is 0. The van der Waals surface area contributed by atoms with Crippen LogP contribution in [0.5, 0.6) is 11.5 Å². The van der Waals surface area contributed by atoms with E-state index < -0.39 is 0 Å². The number of rotatable bonds is 3. The molecule has 1 heterocycles. The van der Waals surface area contributed by atoms with E-state index in [1.54, 1.807) is 7.11 Å². The van der Waals surface area contributed by atoms with Crippen LogP contribution < -0.4 is 14.8 Å². The number of aliphatic hydroxyl groups is 1. The van der Waals surface area contributed by atoms with Crippen LogP contribution in [0.15, 0.2) is 18.2 Å². The highest BCUT2D eigenvalue weighted by molar-refractivity contribution is 5.61. The van der Waals surface area contributed by atoms with Gasteiger partial charge in [0.1, 0.15) is 18.1 Å². The van der Waals surface area contributed by atoms with Crippen LogP contribution in [0.1, 0.15) is 6.42 Å². The first kappa shape index (κ1) is 10.1. The summed E-state index contributed by atoms with van der Waals surface area (Å²) in [6.07, 6.45) is 0.691. The summed E-state index contributed by atoms with van der Waals surface area (Å²) < 4.78 is 10.7. The average molecular weight is 209 g/mol.